The molecule has 2 saturated heterocycles. The van der Waals surface area contributed by atoms with E-state index in [1.54, 1.807) is 29.3 Å². The Morgan fingerprint density at radius 2 is 1.93 bits per heavy atom. The summed E-state index contributed by atoms with van der Waals surface area (Å²) in [6, 6.07) is 16.2. The second-order valence-electron chi connectivity index (χ2n) is 7.05. The maximum absolute atomic E-state index is 14.2. The van der Waals surface area contributed by atoms with E-state index in [9.17, 15) is 9.18 Å². The van der Waals surface area contributed by atoms with Gasteiger partial charge in [-0.2, -0.15) is 0 Å². The molecule has 0 saturated carbocycles. The summed E-state index contributed by atoms with van der Waals surface area (Å²) in [4.78, 5) is 21.2. The van der Waals surface area contributed by atoms with E-state index in [1.807, 2.05) is 35.0 Å². The quantitative estimate of drug-likeness (QED) is 0.716. The predicted molar refractivity (Wildman–Crippen MR) is 100 cm³/mol. The van der Waals surface area contributed by atoms with Crippen molar-refractivity contribution in [1.29, 1.82) is 0 Å². The predicted octanol–water partition coefficient (Wildman–Crippen LogP) is 3.00. The molecule has 3 aromatic rings. The molecule has 5 nitrogen and oxygen atoms in total. The summed E-state index contributed by atoms with van der Waals surface area (Å²) in [5.41, 5.74) is 1.48. The molecule has 0 spiro atoms. The molecular weight excluding hydrogens is 343 g/mol. The number of amides is 1. The van der Waals surface area contributed by atoms with E-state index in [4.69, 9.17) is 0 Å². The van der Waals surface area contributed by atoms with Crippen LogP contribution >= 0.6 is 0 Å². The SMILES string of the molecule is O=C1[C@@H]2C[C@@H](CN2Cc2cccn2-c2ccccn2)N1c1ccccc1F. The van der Waals surface area contributed by atoms with Gasteiger partial charge in [0.05, 0.1) is 17.8 Å². The number of benzene rings is 1. The van der Waals surface area contributed by atoms with Crippen LogP contribution in [0.2, 0.25) is 0 Å². The molecule has 1 aromatic carbocycles. The van der Waals surface area contributed by atoms with Gasteiger partial charge in [0.25, 0.3) is 0 Å². The summed E-state index contributed by atoms with van der Waals surface area (Å²) in [6.07, 6.45) is 4.50. The zero-order chi connectivity index (χ0) is 18.4. The Morgan fingerprint density at radius 3 is 2.70 bits per heavy atom. The van der Waals surface area contributed by atoms with Gasteiger partial charge in [0, 0.05) is 31.2 Å². The van der Waals surface area contributed by atoms with E-state index in [2.05, 4.69) is 16.0 Å². The number of carbonyl (C=O) groups excluding carboxylic acids is 1. The highest BCUT2D eigenvalue weighted by Crippen LogP contribution is 2.37. The molecule has 2 fully saturated rings. The molecule has 2 aliphatic heterocycles. The van der Waals surface area contributed by atoms with Crippen LogP contribution in [0.3, 0.4) is 0 Å². The number of pyridine rings is 1. The van der Waals surface area contributed by atoms with Gasteiger partial charge < -0.3 is 9.47 Å². The lowest BCUT2D eigenvalue weighted by molar-refractivity contribution is -0.122. The number of piperazine rings is 1. The molecule has 2 aliphatic rings. The minimum atomic E-state index is -0.339. The zero-order valence-electron chi connectivity index (χ0n) is 14.7. The van der Waals surface area contributed by atoms with Crippen molar-refractivity contribution in [3.05, 3.63) is 78.5 Å². The molecule has 0 unspecified atom stereocenters. The molecule has 2 aromatic heterocycles. The largest absolute Gasteiger partial charge is 0.304 e. The van der Waals surface area contributed by atoms with Gasteiger partial charge in [0.2, 0.25) is 5.91 Å². The topological polar surface area (TPSA) is 41.4 Å². The number of hydrogen-bond donors (Lipinski definition) is 0. The molecule has 4 heterocycles. The summed E-state index contributed by atoms with van der Waals surface area (Å²) >= 11 is 0. The van der Waals surface area contributed by atoms with E-state index in [-0.39, 0.29) is 23.8 Å². The molecule has 136 valence electrons. The summed E-state index contributed by atoms with van der Waals surface area (Å²) in [5.74, 6) is 0.516. The van der Waals surface area contributed by atoms with E-state index in [0.717, 1.165) is 24.5 Å². The zero-order valence-corrected chi connectivity index (χ0v) is 14.7. The molecule has 0 N–H and O–H groups in total. The Balaban J connectivity index is 1.37. The van der Waals surface area contributed by atoms with Crippen molar-refractivity contribution in [1.82, 2.24) is 14.5 Å². The molecule has 1 amide bonds. The fourth-order valence-electron chi connectivity index (χ4n) is 4.27. The van der Waals surface area contributed by atoms with Gasteiger partial charge in [0.1, 0.15) is 11.6 Å². The van der Waals surface area contributed by atoms with Crippen LogP contribution in [-0.4, -0.2) is 39.0 Å². The van der Waals surface area contributed by atoms with Gasteiger partial charge >= 0.3 is 0 Å². The van der Waals surface area contributed by atoms with E-state index < -0.39 is 0 Å². The van der Waals surface area contributed by atoms with Crippen molar-refractivity contribution in [3.63, 3.8) is 0 Å². The maximum Gasteiger partial charge on any atom is 0.244 e. The lowest BCUT2D eigenvalue weighted by Crippen LogP contribution is -2.50. The number of aromatic nitrogens is 2. The molecule has 5 rings (SSSR count). The Bertz CT molecular complexity index is 987. The first kappa shape index (κ1) is 16.2. The van der Waals surface area contributed by atoms with Crippen molar-refractivity contribution in [2.75, 3.05) is 11.4 Å². The normalized spacial score (nSPS) is 22.0. The molecule has 0 radical (unpaired) electrons. The average molecular weight is 362 g/mol. The van der Waals surface area contributed by atoms with Gasteiger partial charge in [-0.1, -0.05) is 18.2 Å². The first-order valence-corrected chi connectivity index (χ1v) is 9.11. The van der Waals surface area contributed by atoms with Crippen LogP contribution in [0.5, 0.6) is 0 Å². The molecule has 2 bridgehead atoms. The molecule has 0 aliphatic carbocycles. The second-order valence-corrected chi connectivity index (χ2v) is 7.05. The second kappa shape index (κ2) is 6.32. The standard InChI is InChI=1S/C21H19FN4O/c22-17-7-1-2-8-18(17)26-16-12-19(21(26)27)24(14-16)13-15-6-5-11-25(15)20-9-3-4-10-23-20/h1-11,16,19H,12-14H2/t16-,19-/m0/s1. The van der Waals surface area contributed by atoms with Crippen LogP contribution in [0, 0.1) is 5.82 Å². The highest BCUT2D eigenvalue weighted by atomic mass is 19.1. The first-order valence-electron chi connectivity index (χ1n) is 9.11. The van der Waals surface area contributed by atoms with Gasteiger partial charge in [-0.3, -0.25) is 9.69 Å². The number of anilines is 1. The van der Waals surface area contributed by atoms with Crippen LogP contribution in [0.1, 0.15) is 12.1 Å². The number of fused-ring (bicyclic) bond motifs is 2. The minimum Gasteiger partial charge on any atom is -0.304 e. The number of halogens is 1. The number of carbonyl (C=O) groups is 1. The minimum absolute atomic E-state index is 0.00714. The van der Waals surface area contributed by atoms with Gasteiger partial charge in [-0.15, -0.1) is 0 Å². The number of rotatable bonds is 4. The third-order valence-corrected chi connectivity index (χ3v) is 5.48. The number of para-hydroxylation sites is 1. The van der Waals surface area contributed by atoms with E-state index >= 15 is 0 Å². The van der Waals surface area contributed by atoms with Crippen molar-refractivity contribution in [2.45, 2.75) is 25.0 Å². The molecule has 2 atom stereocenters. The average Bonchev–Trinajstić information content (AvgIpc) is 3.38. The van der Waals surface area contributed by atoms with Gasteiger partial charge in [-0.05, 0) is 42.8 Å². The van der Waals surface area contributed by atoms with Crippen molar-refractivity contribution >= 4 is 11.6 Å². The number of likely N-dealkylation sites (tertiary alicyclic amines) is 1. The van der Waals surface area contributed by atoms with Gasteiger partial charge in [-0.25, -0.2) is 9.37 Å². The smallest absolute Gasteiger partial charge is 0.244 e. The fourth-order valence-corrected chi connectivity index (χ4v) is 4.27. The third kappa shape index (κ3) is 2.64. The third-order valence-electron chi connectivity index (χ3n) is 5.48. The van der Waals surface area contributed by atoms with Crippen molar-refractivity contribution in [3.8, 4) is 5.82 Å². The van der Waals surface area contributed by atoms with Crippen LogP contribution < -0.4 is 4.90 Å². The monoisotopic (exact) mass is 362 g/mol. The molecule has 6 heteroatoms. The van der Waals surface area contributed by atoms with E-state index in [0.29, 0.717) is 12.2 Å². The number of nitrogens with zero attached hydrogens (tertiary/aromatic N) is 4. The Morgan fingerprint density at radius 1 is 1.07 bits per heavy atom. The summed E-state index contributed by atoms with van der Waals surface area (Å²) in [6.45, 7) is 1.42. The number of hydrogen-bond acceptors (Lipinski definition) is 3. The van der Waals surface area contributed by atoms with Crippen LogP contribution in [0.15, 0.2) is 67.0 Å². The maximum atomic E-state index is 14.2. The summed E-state index contributed by atoms with van der Waals surface area (Å²) in [7, 11) is 0. The highest BCUT2D eigenvalue weighted by Gasteiger charge is 2.50. The van der Waals surface area contributed by atoms with Crippen LogP contribution in [0.25, 0.3) is 5.82 Å². The Labute approximate surface area is 156 Å². The lowest BCUT2D eigenvalue weighted by atomic mass is 10.2. The molecular formula is C21H19FN4O. The summed E-state index contributed by atoms with van der Waals surface area (Å²) in [5, 5.41) is 0. The van der Waals surface area contributed by atoms with Crippen LogP contribution in [0.4, 0.5) is 10.1 Å². The highest BCUT2D eigenvalue weighted by molar-refractivity contribution is 6.01. The Kier molecular flexibility index (Phi) is 3.79. The van der Waals surface area contributed by atoms with Crippen LogP contribution in [-0.2, 0) is 11.3 Å². The van der Waals surface area contributed by atoms with Crippen molar-refractivity contribution < 1.29 is 9.18 Å². The fraction of sp³-hybridized carbons (Fsp3) is 0.238. The Hall–Kier alpha value is -2.99. The van der Waals surface area contributed by atoms with Crippen molar-refractivity contribution in [2.24, 2.45) is 0 Å². The summed E-state index contributed by atoms with van der Waals surface area (Å²) < 4.78 is 16.2. The van der Waals surface area contributed by atoms with E-state index in [1.165, 1.54) is 6.07 Å². The van der Waals surface area contributed by atoms with Gasteiger partial charge in [0.15, 0.2) is 0 Å². The molecule has 27 heavy (non-hydrogen) atoms. The lowest BCUT2D eigenvalue weighted by Gasteiger charge is -2.34. The first-order chi connectivity index (χ1) is 13.2.